The quantitative estimate of drug-likeness (QED) is 0.576. The number of rotatable bonds is 0. The van der Waals surface area contributed by atoms with E-state index in [1.807, 2.05) is 26.0 Å². The minimum atomic E-state index is 0.656. The molecule has 0 atom stereocenters. The van der Waals surface area contributed by atoms with Crippen LogP contribution in [0.5, 0.6) is 0 Å². The van der Waals surface area contributed by atoms with Crippen molar-refractivity contribution in [3.63, 3.8) is 0 Å². The zero-order valence-corrected chi connectivity index (χ0v) is 8.43. The predicted molar refractivity (Wildman–Crippen MR) is 57.2 cm³/mol. The van der Waals surface area contributed by atoms with Crippen LogP contribution in [-0.4, -0.2) is 4.98 Å². The van der Waals surface area contributed by atoms with E-state index < -0.39 is 0 Å². The third-order valence-corrected chi connectivity index (χ3v) is 2.25. The first-order valence-corrected chi connectivity index (χ1v) is 4.99. The predicted octanol–water partition coefficient (Wildman–Crippen LogP) is 3.87. The first-order chi connectivity index (χ1) is 6.40. The Labute approximate surface area is 81.7 Å². The van der Waals surface area contributed by atoms with E-state index in [0.29, 0.717) is 5.69 Å². The third kappa shape index (κ3) is 2.04. The number of hydrogen-bond donors (Lipinski definition) is 0. The molecule has 0 aliphatic heterocycles. The van der Waals surface area contributed by atoms with E-state index in [-0.39, 0.29) is 0 Å². The zero-order chi connectivity index (χ0) is 9.68. The Bertz CT molecular complexity index is 426. The van der Waals surface area contributed by atoms with Crippen LogP contribution in [0, 0.1) is 6.57 Å². The van der Waals surface area contributed by atoms with Crippen LogP contribution >= 0.6 is 11.3 Å². The van der Waals surface area contributed by atoms with Crippen molar-refractivity contribution in [1.82, 2.24) is 4.98 Å². The molecule has 13 heavy (non-hydrogen) atoms. The molecule has 0 saturated carbocycles. The lowest BCUT2D eigenvalue weighted by atomic mass is 10.3. The Balaban J connectivity index is 0.000000396. The van der Waals surface area contributed by atoms with E-state index >= 15 is 0 Å². The minimum absolute atomic E-state index is 0.656. The van der Waals surface area contributed by atoms with Gasteiger partial charge in [-0.3, -0.25) is 0 Å². The maximum absolute atomic E-state index is 6.77. The number of benzene rings is 1. The van der Waals surface area contributed by atoms with Crippen molar-refractivity contribution in [1.29, 1.82) is 0 Å². The molecule has 1 heterocycles. The zero-order valence-electron chi connectivity index (χ0n) is 7.61. The molecular weight excluding hydrogens is 180 g/mol. The van der Waals surface area contributed by atoms with Crippen LogP contribution in [-0.2, 0) is 0 Å². The van der Waals surface area contributed by atoms with Gasteiger partial charge in [0, 0.05) is 0 Å². The lowest BCUT2D eigenvalue weighted by Gasteiger charge is -1.86. The van der Waals surface area contributed by atoms with Gasteiger partial charge in [-0.2, -0.15) is 0 Å². The number of nitrogens with zero attached hydrogens (tertiary/aromatic N) is 2. The number of fused-ring (bicyclic) bond motifs is 1. The average molecular weight is 190 g/mol. The van der Waals surface area contributed by atoms with Crippen LogP contribution in [0.15, 0.2) is 23.7 Å². The maximum Gasteiger partial charge on any atom is 0.189 e. The Kier molecular flexibility index (Phi) is 3.41. The SMILES string of the molecule is CC.[C-]#[N+]c1ccc2scnc2c1. The van der Waals surface area contributed by atoms with Gasteiger partial charge in [0.1, 0.15) is 0 Å². The van der Waals surface area contributed by atoms with Gasteiger partial charge in [0.25, 0.3) is 0 Å². The Morgan fingerprint density at radius 2 is 2.15 bits per heavy atom. The first-order valence-electron chi connectivity index (χ1n) is 4.11. The van der Waals surface area contributed by atoms with Crippen molar-refractivity contribution in [2.75, 3.05) is 0 Å². The first kappa shape index (κ1) is 9.69. The standard InChI is InChI=1S/C8H4N2S.C2H6/c1-9-6-2-3-8-7(4-6)10-5-11-8;1-2/h2-5H;1-2H3. The van der Waals surface area contributed by atoms with Crippen LogP contribution in [0.1, 0.15) is 13.8 Å². The van der Waals surface area contributed by atoms with Crippen molar-refractivity contribution in [3.05, 3.63) is 35.1 Å². The van der Waals surface area contributed by atoms with Crippen LogP contribution in [0.4, 0.5) is 5.69 Å². The summed E-state index contributed by atoms with van der Waals surface area (Å²) in [6.45, 7) is 10.8. The van der Waals surface area contributed by atoms with E-state index in [9.17, 15) is 0 Å². The summed E-state index contributed by atoms with van der Waals surface area (Å²) in [6.07, 6.45) is 0. The van der Waals surface area contributed by atoms with Crippen molar-refractivity contribution in [2.24, 2.45) is 0 Å². The van der Waals surface area contributed by atoms with Crippen molar-refractivity contribution in [2.45, 2.75) is 13.8 Å². The highest BCUT2D eigenvalue weighted by Crippen LogP contribution is 2.22. The van der Waals surface area contributed by atoms with E-state index in [0.717, 1.165) is 10.2 Å². The van der Waals surface area contributed by atoms with E-state index in [1.165, 1.54) is 0 Å². The number of hydrogen-bond acceptors (Lipinski definition) is 2. The number of thiazole rings is 1. The highest BCUT2D eigenvalue weighted by Gasteiger charge is 1.96. The molecule has 2 rings (SSSR count). The summed E-state index contributed by atoms with van der Waals surface area (Å²) in [6, 6.07) is 5.55. The highest BCUT2D eigenvalue weighted by molar-refractivity contribution is 7.16. The molecule has 0 aliphatic carbocycles. The summed E-state index contributed by atoms with van der Waals surface area (Å²) in [5.74, 6) is 0. The minimum Gasteiger partial charge on any atom is -0.246 e. The second-order valence-corrected chi connectivity index (χ2v) is 3.00. The van der Waals surface area contributed by atoms with Gasteiger partial charge in [-0.25, -0.2) is 9.83 Å². The monoisotopic (exact) mass is 190 g/mol. The Hall–Kier alpha value is -1.40. The van der Waals surface area contributed by atoms with Gasteiger partial charge in [0.05, 0.1) is 22.3 Å². The molecule has 0 unspecified atom stereocenters. The fraction of sp³-hybridized carbons (Fsp3) is 0.200. The normalized spacial score (nSPS) is 8.69. The van der Waals surface area contributed by atoms with Gasteiger partial charge in [-0.15, -0.1) is 11.3 Å². The molecule has 0 bridgehead atoms. The Morgan fingerprint density at radius 1 is 1.38 bits per heavy atom. The molecule has 0 saturated heterocycles. The molecule has 0 amide bonds. The fourth-order valence-corrected chi connectivity index (χ4v) is 1.57. The molecule has 0 aliphatic rings. The van der Waals surface area contributed by atoms with Crippen molar-refractivity contribution >= 4 is 27.2 Å². The third-order valence-electron chi connectivity index (χ3n) is 1.44. The molecule has 0 N–H and O–H groups in total. The summed E-state index contributed by atoms with van der Waals surface area (Å²) in [5.41, 5.74) is 3.37. The topological polar surface area (TPSA) is 17.2 Å². The molecule has 2 nitrogen and oxygen atoms in total. The van der Waals surface area contributed by atoms with Crippen molar-refractivity contribution in [3.8, 4) is 0 Å². The number of aromatic nitrogens is 1. The average Bonchev–Trinajstić information content (AvgIpc) is 2.67. The molecule has 66 valence electrons. The van der Waals surface area contributed by atoms with Crippen LogP contribution in [0.3, 0.4) is 0 Å². The van der Waals surface area contributed by atoms with Gasteiger partial charge in [-0.1, -0.05) is 26.0 Å². The molecular formula is C10H10N2S. The molecule has 1 aromatic heterocycles. The summed E-state index contributed by atoms with van der Waals surface area (Å²) >= 11 is 1.59. The van der Waals surface area contributed by atoms with E-state index in [2.05, 4.69) is 9.83 Å². The molecule has 0 spiro atoms. The lowest BCUT2D eigenvalue weighted by Crippen LogP contribution is -1.64. The van der Waals surface area contributed by atoms with Gasteiger partial charge < -0.3 is 0 Å². The van der Waals surface area contributed by atoms with Crippen LogP contribution in [0.25, 0.3) is 15.1 Å². The lowest BCUT2D eigenvalue weighted by molar-refractivity contribution is 1.50. The second-order valence-electron chi connectivity index (χ2n) is 2.12. The molecule has 2 aromatic rings. The molecule has 0 fully saturated rings. The van der Waals surface area contributed by atoms with Gasteiger partial charge in [0.15, 0.2) is 5.69 Å². The fourth-order valence-electron chi connectivity index (χ4n) is 0.916. The van der Waals surface area contributed by atoms with Gasteiger partial charge >= 0.3 is 0 Å². The largest absolute Gasteiger partial charge is 0.246 e. The van der Waals surface area contributed by atoms with Crippen LogP contribution in [0.2, 0.25) is 0 Å². The summed E-state index contributed by atoms with van der Waals surface area (Å²) in [7, 11) is 0. The second kappa shape index (κ2) is 4.58. The highest BCUT2D eigenvalue weighted by atomic mass is 32.1. The summed E-state index contributed by atoms with van der Waals surface area (Å²) in [4.78, 5) is 7.42. The summed E-state index contributed by atoms with van der Waals surface area (Å²) in [5, 5.41) is 0. The summed E-state index contributed by atoms with van der Waals surface area (Å²) < 4.78 is 1.14. The van der Waals surface area contributed by atoms with E-state index in [4.69, 9.17) is 6.57 Å². The maximum atomic E-state index is 6.77. The Morgan fingerprint density at radius 3 is 2.85 bits per heavy atom. The van der Waals surface area contributed by atoms with Gasteiger partial charge in [-0.05, 0) is 6.07 Å². The van der Waals surface area contributed by atoms with E-state index in [1.54, 1.807) is 22.9 Å². The molecule has 0 radical (unpaired) electrons. The van der Waals surface area contributed by atoms with Crippen LogP contribution < -0.4 is 0 Å². The van der Waals surface area contributed by atoms with Crippen molar-refractivity contribution < 1.29 is 0 Å². The molecule has 1 aromatic carbocycles. The smallest absolute Gasteiger partial charge is 0.189 e. The molecule has 3 heteroatoms. The van der Waals surface area contributed by atoms with Gasteiger partial charge in [0.2, 0.25) is 0 Å².